The molecule has 17 heavy (non-hydrogen) atoms. The van der Waals surface area contributed by atoms with Gasteiger partial charge in [0.15, 0.2) is 5.82 Å². The molecule has 2 rings (SSSR count). The number of likely N-dealkylation sites (N-methyl/N-ethyl adjacent to an activating group) is 1. The molecule has 0 saturated heterocycles. The summed E-state index contributed by atoms with van der Waals surface area (Å²) in [6.45, 7) is 2.07. The highest BCUT2D eigenvalue weighted by Crippen LogP contribution is 2.29. The van der Waals surface area contributed by atoms with E-state index in [-0.39, 0.29) is 24.9 Å². The van der Waals surface area contributed by atoms with Crippen molar-refractivity contribution in [3.63, 3.8) is 0 Å². The van der Waals surface area contributed by atoms with Gasteiger partial charge in [0.25, 0.3) is 0 Å². The zero-order valence-corrected chi connectivity index (χ0v) is 9.78. The first-order chi connectivity index (χ1) is 8.13. The van der Waals surface area contributed by atoms with E-state index in [4.69, 9.17) is 0 Å². The Hall–Kier alpha value is -1.95. The number of aromatic nitrogens is 1. The fourth-order valence-corrected chi connectivity index (χ4v) is 1.75. The van der Waals surface area contributed by atoms with Crippen molar-refractivity contribution in [2.45, 2.75) is 6.92 Å². The molecule has 0 radical (unpaired) electrons. The third-order valence-corrected chi connectivity index (χ3v) is 2.59. The quantitative estimate of drug-likeness (QED) is 0.749. The third-order valence-electron chi connectivity index (χ3n) is 2.59. The summed E-state index contributed by atoms with van der Waals surface area (Å²) in [5, 5.41) is 5.51. The SMILES string of the molecule is CNCC(=O)N1CC(=O)Nc2c(C)ccnc21. The summed E-state index contributed by atoms with van der Waals surface area (Å²) < 4.78 is 0. The summed E-state index contributed by atoms with van der Waals surface area (Å²) >= 11 is 0. The molecule has 6 nitrogen and oxygen atoms in total. The van der Waals surface area contributed by atoms with Crippen LogP contribution in [0.5, 0.6) is 0 Å². The minimum atomic E-state index is -0.196. The Balaban J connectivity index is 2.41. The predicted molar refractivity (Wildman–Crippen MR) is 63.9 cm³/mol. The van der Waals surface area contributed by atoms with E-state index in [0.29, 0.717) is 11.5 Å². The summed E-state index contributed by atoms with van der Waals surface area (Å²) in [6, 6.07) is 1.80. The summed E-state index contributed by atoms with van der Waals surface area (Å²) in [5.41, 5.74) is 1.51. The number of fused-ring (bicyclic) bond motifs is 1. The standard InChI is InChI=1S/C11H14N4O2/c1-7-3-4-13-11-10(7)14-8(16)6-15(11)9(17)5-12-2/h3-4,12H,5-6H2,1-2H3,(H,14,16). The first kappa shape index (κ1) is 11.5. The van der Waals surface area contributed by atoms with Crippen molar-refractivity contribution in [3.05, 3.63) is 17.8 Å². The van der Waals surface area contributed by atoms with Crippen molar-refractivity contribution in [1.29, 1.82) is 0 Å². The lowest BCUT2D eigenvalue weighted by Gasteiger charge is -2.28. The Morgan fingerprint density at radius 2 is 2.41 bits per heavy atom. The van der Waals surface area contributed by atoms with Gasteiger partial charge in [-0.3, -0.25) is 14.5 Å². The van der Waals surface area contributed by atoms with Gasteiger partial charge in [-0.15, -0.1) is 0 Å². The number of pyridine rings is 1. The van der Waals surface area contributed by atoms with Crippen LogP contribution in [0.1, 0.15) is 5.56 Å². The van der Waals surface area contributed by atoms with E-state index in [0.717, 1.165) is 5.56 Å². The van der Waals surface area contributed by atoms with Crippen molar-refractivity contribution in [2.24, 2.45) is 0 Å². The molecule has 1 aliphatic heterocycles. The van der Waals surface area contributed by atoms with Crippen LogP contribution in [-0.2, 0) is 9.59 Å². The minimum absolute atomic E-state index is 0.0178. The smallest absolute Gasteiger partial charge is 0.244 e. The normalized spacial score (nSPS) is 14.2. The van der Waals surface area contributed by atoms with Crippen LogP contribution in [0.25, 0.3) is 0 Å². The number of carbonyl (C=O) groups excluding carboxylic acids is 2. The molecule has 2 N–H and O–H groups in total. The molecule has 2 amide bonds. The number of nitrogens with one attached hydrogen (secondary N) is 2. The van der Waals surface area contributed by atoms with E-state index in [2.05, 4.69) is 15.6 Å². The van der Waals surface area contributed by atoms with Gasteiger partial charge >= 0.3 is 0 Å². The van der Waals surface area contributed by atoms with Crippen LogP contribution in [0.3, 0.4) is 0 Å². The van der Waals surface area contributed by atoms with Crippen LogP contribution in [0, 0.1) is 6.92 Å². The van der Waals surface area contributed by atoms with E-state index in [9.17, 15) is 9.59 Å². The summed E-state index contributed by atoms with van der Waals surface area (Å²) in [5.74, 6) is 0.157. The number of anilines is 2. The Morgan fingerprint density at radius 1 is 1.65 bits per heavy atom. The fraction of sp³-hybridized carbons (Fsp3) is 0.364. The molecule has 2 heterocycles. The largest absolute Gasteiger partial charge is 0.321 e. The van der Waals surface area contributed by atoms with E-state index in [1.54, 1.807) is 19.3 Å². The Kier molecular flexibility index (Phi) is 3.06. The van der Waals surface area contributed by atoms with Gasteiger partial charge in [-0.1, -0.05) is 0 Å². The number of carbonyl (C=O) groups is 2. The number of hydrogen-bond donors (Lipinski definition) is 2. The third kappa shape index (κ3) is 2.12. The molecule has 1 aliphatic rings. The maximum Gasteiger partial charge on any atom is 0.244 e. The minimum Gasteiger partial charge on any atom is -0.321 e. The van der Waals surface area contributed by atoms with Crippen molar-refractivity contribution >= 4 is 23.3 Å². The molecule has 0 spiro atoms. The van der Waals surface area contributed by atoms with E-state index in [1.807, 2.05) is 6.92 Å². The zero-order valence-electron chi connectivity index (χ0n) is 9.78. The molecule has 0 aromatic carbocycles. The van der Waals surface area contributed by atoms with Crippen LogP contribution in [-0.4, -0.2) is 36.9 Å². The molecule has 1 aromatic heterocycles. The Labute approximate surface area is 99.0 Å². The number of rotatable bonds is 2. The number of amides is 2. The van der Waals surface area contributed by atoms with Gasteiger partial charge in [0, 0.05) is 6.20 Å². The summed E-state index contributed by atoms with van der Waals surface area (Å²) in [7, 11) is 1.69. The molecule has 0 bridgehead atoms. The molecular formula is C11H14N4O2. The van der Waals surface area contributed by atoms with Gasteiger partial charge in [0.05, 0.1) is 12.2 Å². The van der Waals surface area contributed by atoms with Gasteiger partial charge < -0.3 is 10.6 Å². The second-order valence-corrected chi connectivity index (χ2v) is 3.88. The van der Waals surface area contributed by atoms with Crippen molar-refractivity contribution in [2.75, 3.05) is 30.4 Å². The highest BCUT2D eigenvalue weighted by molar-refractivity contribution is 6.09. The average Bonchev–Trinajstić information content (AvgIpc) is 2.30. The molecule has 1 aromatic rings. The fourth-order valence-electron chi connectivity index (χ4n) is 1.75. The zero-order chi connectivity index (χ0) is 12.4. The number of aryl methyl sites for hydroxylation is 1. The summed E-state index contributed by atoms with van der Waals surface area (Å²) in [4.78, 5) is 29.0. The predicted octanol–water partition coefficient (Wildman–Crippen LogP) is -0.105. The number of nitrogens with zero attached hydrogens (tertiary/aromatic N) is 2. The van der Waals surface area contributed by atoms with E-state index < -0.39 is 0 Å². The lowest BCUT2D eigenvalue weighted by atomic mass is 10.2. The Morgan fingerprint density at radius 3 is 3.12 bits per heavy atom. The maximum atomic E-state index is 11.9. The van der Waals surface area contributed by atoms with Gasteiger partial charge in [-0.05, 0) is 25.6 Å². The first-order valence-corrected chi connectivity index (χ1v) is 5.34. The molecule has 0 unspecified atom stereocenters. The van der Waals surface area contributed by atoms with Gasteiger partial charge in [-0.2, -0.15) is 0 Å². The highest BCUT2D eigenvalue weighted by Gasteiger charge is 2.28. The van der Waals surface area contributed by atoms with Crippen LogP contribution in [0.4, 0.5) is 11.5 Å². The maximum absolute atomic E-state index is 11.9. The van der Waals surface area contributed by atoms with Crippen molar-refractivity contribution in [1.82, 2.24) is 10.3 Å². The van der Waals surface area contributed by atoms with Crippen LogP contribution in [0.15, 0.2) is 12.3 Å². The molecule has 90 valence electrons. The van der Waals surface area contributed by atoms with Gasteiger partial charge in [0.2, 0.25) is 11.8 Å². The topological polar surface area (TPSA) is 74.3 Å². The van der Waals surface area contributed by atoms with Crippen LogP contribution < -0.4 is 15.5 Å². The second kappa shape index (κ2) is 4.50. The van der Waals surface area contributed by atoms with Crippen LogP contribution in [0.2, 0.25) is 0 Å². The van der Waals surface area contributed by atoms with E-state index >= 15 is 0 Å². The highest BCUT2D eigenvalue weighted by atomic mass is 16.2. The monoisotopic (exact) mass is 234 g/mol. The van der Waals surface area contributed by atoms with Crippen molar-refractivity contribution in [3.8, 4) is 0 Å². The van der Waals surface area contributed by atoms with Crippen LogP contribution >= 0.6 is 0 Å². The molecule has 0 fully saturated rings. The lowest BCUT2D eigenvalue weighted by Crippen LogP contribution is -2.46. The second-order valence-electron chi connectivity index (χ2n) is 3.88. The van der Waals surface area contributed by atoms with Gasteiger partial charge in [0.1, 0.15) is 6.54 Å². The average molecular weight is 234 g/mol. The number of hydrogen-bond acceptors (Lipinski definition) is 4. The first-order valence-electron chi connectivity index (χ1n) is 5.34. The molecule has 0 saturated carbocycles. The molecular weight excluding hydrogens is 220 g/mol. The molecule has 6 heteroatoms. The molecule has 0 atom stereocenters. The summed E-state index contributed by atoms with van der Waals surface area (Å²) in [6.07, 6.45) is 1.63. The van der Waals surface area contributed by atoms with Crippen molar-refractivity contribution < 1.29 is 9.59 Å². The molecule has 0 aliphatic carbocycles. The van der Waals surface area contributed by atoms with E-state index in [1.165, 1.54) is 4.90 Å². The van der Waals surface area contributed by atoms with Gasteiger partial charge in [-0.25, -0.2) is 4.98 Å². The Bertz CT molecular complexity index is 473. The lowest BCUT2D eigenvalue weighted by molar-refractivity contribution is -0.121.